The van der Waals surface area contributed by atoms with E-state index in [0.29, 0.717) is 10.6 Å². The van der Waals surface area contributed by atoms with Gasteiger partial charge in [0.25, 0.3) is 0 Å². The minimum absolute atomic E-state index is 0.590. The van der Waals surface area contributed by atoms with E-state index in [4.69, 9.17) is 16.9 Å². The standard InChI is InChI=1S/C13H14ClN3/c14-12-1-2-13(11(7-12)8-15)17-9-10-3-5-16-6-4-10/h1-3,7,16-17H,4-6,9H2. The SMILES string of the molecule is N#Cc1cc(Cl)ccc1NCC1=CCNCC1. The molecule has 0 atom stereocenters. The number of nitrogens with one attached hydrogen (secondary N) is 2. The second-order valence-electron chi connectivity index (χ2n) is 3.97. The summed E-state index contributed by atoms with van der Waals surface area (Å²) in [6.45, 7) is 2.75. The van der Waals surface area contributed by atoms with Crippen molar-refractivity contribution in [3.63, 3.8) is 0 Å². The van der Waals surface area contributed by atoms with E-state index in [1.165, 1.54) is 5.57 Å². The summed E-state index contributed by atoms with van der Waals surface area (Å²) >= 11 is 5.85. The Kier molecular flexibility index (Phi) is 4.03. The molecule has 0 aromatic heterocycles. The van der Waals surface area contributed by atoms with Crippen molar-refractivity contribution in [2.45, 2.75) is 6.42 Å². The van der Waals surface area contributed by atoms with Gasteiger partial charge in [0.2, 0.25) is 0 Å². The van der Waals surface area contributed by atoms with Gasteiger partial charge in [0.1, 0.15) is 6.07 Å². The number of nitriles is 1. The molecule has 0 aliphatic carbocycles. The molecule has 2 N–H and O–H groups in total. The summed E-state index contributed by atoms with van der Waals surface area (Å²) < 4.78 is 0. The lowest BCUT2D eigenvalue weighted by Gasteiger charge is -2.15. The lowest BCUT2D eigenvalue weighted by molar-refractivity contribution is 0.698. The molecule has 0 spiro atoms. The molecule has 1 aromatic carbocycles. The third kappa shape index (κ3) is 3.23. The number of halogens is 1. The van der Waals surface area contributed by atoms with Crippen LogP contribution in [0.4, 0.5) is 5.69 Å². The van der Waals surface area contributed by atoms with Crippen LogP contribution in [0.1, 0.15) is 12.0 Å². The van der Waals surface area contributed by atoms with Gasteiger partial charge in [-0.25, -0.2) is 0 Å². The smallest absolute Gasteiger partial charge is 0.101 e. The summed E-state index contributed by atoms with van der Waals surface area (Å²) in [5.74, 6) is 0. The third-order valence-electron chi connectivity index (χ3n) is 2.77. The fourth-order valence-corrected chi connectivity index (χ4v) is 1.97. The first-order valence-electron chi connectivity index (χ1n) is 5.62. The molecule has 4 heteroatoms. The Morgan fingerprint density at radius 2 is 2.35 bits per heavy atom. The molecular formula is C13H14ClN3. The van der Waals surface area contributed by atoms with Crippen LogP contribution in [0.3, 0.4) is 0 Å². The van der Waals surface area contributed by atoms with Gasteiger partial charge in [0.15, 0.2) is 0 Å². The van der Waals surface area contributed by atoms with Crippen LogP contribution in [0, 0.1) is 11.3 Å². The van der Waals surface area contributed by atoms with Crippen LogP contribution in [0.25, 0.3) is 0 Å². The first kappa shape index (κ1) is 12.0. The molecule has 0 amide bonds. The van der Waals surface area contributed by atoms with Crippen molar-refractivity contribution < 1.29 is 0 Å². The molecule has 1 aromatic rings. The molecule has 0 unspecified atom stereocenters. The van der Waals surface area contributed by atoms with Crippen molar-refractivity contribution in [3.05, 3.63) is 40.4 Å². The van der Waals surface area contributed by atoms with Gasteiger partial charge in [0, 0.05) is 18.1 Å². The number of rotatable bonds is 3. The van der Waals surface area contributed by atoms with Gasteiger partial charge in [0.05, 0.1) is 11.3 Å². The second kappa shape index (κ2) is 5.72. The van der Waals surface area contributed by atoms with E-state index in [2.05, 4.69) is 22.8 Å². The van der Waals surface area contributed by atoms with Crippen molar-refractivity contribution in [3.8, 4) is 6.07 Å². The highest BCUT2D eigenvalue weighted by atomic mass is 35.5. The summed E-state index contributed by atoms with van der Waals surface area (Å²) in [5, 5.41) is 16.2. The molecule has 1 aliphatic rings. The monoisotopic (exact) mass is 247 g/mol. The van der Waals surface area contributed by atoms with E-state index >= 15 is 0 Å². The summed E-state index contributed by atoms with van der Waals surface area (Å²) in [5.41, 5.74) is 2.81. The van der Waals surface area contributed by atoms with Gasteiger partial charge < -0.3 is 10.6 Å². The Hall–Kier alpha value is -1.50. The van der Waals surface area contributed by atoms with Crippen molar-refractivity contribution in [1.82, 2.24) is 5.32 Å². The zero-order valence-electron chi connectivity index (χ0n) is 9.46. The normalized spacial score (nSPS) is 14.9. The first-order valence-corrected chi connectivity index (χ1v) is 5.99. The summed E-state index contributed by atoms with van der Waals surface area (Å²) in [6, 6.07) is 7.47. The van der Waals surface area contributed by atoms with Crippen LogP contribution >= 0.6 is 11.6 Å². The molecular weight excluding hydrogens is 234 g/mol. The first-order chi connectivity index (χ1) is 8.29. The topological polar surface area (TPSA) is 47.9 Å². The fourth-order valence-electron chi connectivity index (χ4n) is 1.80. The number of hydrogen-bond donors (Lipinski definition) is 2. The molecule has 1 aliphatic heterocycles. The van der Waals surface area contributed by atoms with E-state index < -0.39 is 0 Å². The highest BCUT2D eigenvalue weighted by Crippen LogP contribution is 2.20. The number of benzene rings is 1. The molecule has 0 saturated carbocycles. The summed E-state index contributed by atoms with van der Waals surface area (Å²) in [4.78, 5) is 0. The van der Waals surface area contributed by atoms with Crippen LogP contribution in [0.2, 0.25) is 5.02 Å². The van der Waals surface area contributed by atoms with Gasteiger partial charge in [-0.05, 0) is 31.2 Å². The highest BCUT2D eigenvalue weighted by molar-refractivity contribution is 6.30. The molecule has 0 radical (unpaired) electrons. The Balaban J connectivity index is 2.04. The lowest BCUT2D eigenvalue weighted by Crippen LogP contribution is -2.23. The van der Waals surface area contributed by atoms with E-state index in [1.807, 2.05) is 6.07 Å². The summed E-state index contributed by atoms with van der Waals surface area (Å²) in [7, 11) is 0. The van der Waals surface area contributed by atoms with Crippen LogP contribution in [0.5, 0.6) is 0 Å². The molecule has 1 heterocycles. The molecule has 17 heavy (non-hydrogen) atoms. The molecule has 2 rings (SSSR count). The third-order valence-corrected chi connectivity index (χ3v) is 3.00. The van der Waals surface area contributed by atoms with Crippen LogP contribution in [0.15, 0.2) is 29.8 Å². The Morgan fingerprint density at radius 3 is 3.06 bits per heavy atom. The van der Waals surface area contributed by atoms with Crippen LogP contribution in [-0.4, -0.2) is 19.6 Å². The van der Waals surface area contributed by atoms with E-state index in [9.17, 15) is 0 Å². The highest BCUT2D eigenvalue weighted by Gasteiger charge is 2.05. The number of nitrogens with zero attached hydrogens (tertiary/aromatic N) is 1. The van der Waals surface area contributed by atoms with Crippen LogP contribution < -0.4 is 10.6 Å². The van der Waals surface area contributed by atoms with Gasteiger partial charge in [-0.3, -0.25) is 0 Å². The Labute approximate surface area is 106 Å². The Morgan fingerprint density at radius 1 is 1.47 bits per heavy atom. The van der Waals surface area contributed by atoms with Crippen molar-refractivity contribution in [1.29, 1.82) is 5.26 Å². The average Bonchev–Trinajstić information content (AvgIpc) is 2.38. The van der Waals surface area contributed by atoms with Crippen molar-refractivity contribution >= 4 is 17.3 Å². The fraction of sp³-hybridized carbons (Fsp3) is 0.308. The van der Waals surface area contributed by atoms with E-state index in [1.54, 1.807) is 12.1 Å². The number of anilines is 1. The minimum atomic E-state index is 0.590. The Bertz CT molecular complexity index is 474. The molecule has 0 bridgehead atoms. The number of hydrogen-bond acceptors (Lipinski definition) is 3. The van der Waals surface area contributed by atoms with Gasteiger partial charge >= 0.3 is 0 Å². The zero-order chi connectivity index (χ0) is 12.1. The zero-order valence-corrected chi connectivity index (χ0v) is 10.2. The molecule has 0 saturated heterocycles. The predicted octanol–water partition coefficient (Wildman–Crippen LogP) is 2.54. The van der Waals surface area contributed by atoms with Crippen LogP contribution in [-0.2, 0) is 0 Å². The minimum Gasteiger partial charge on any atom is -0.380 e. The van der Waals surface area contributed by atoms with Crippen molar-refractivity contribution in [2.75, 3.05) is 25.0 Å². The molecule has 3 nitrogen and oxygen atoms in total. The van der Waals surface area contributed by atoms with Gasteiger partial charge in [-0.1, -0.05) is 23.3 Å². The van der Waals surface area contributed by atoms with Gasteiger partial charge in [-0.15, -0.1) is 0 Å². The average molecular weight is 248 g/mol. The second-order valence-corrected chi connectivity index (χ2v) is 4.41. The van der Waals surface area contributed by atoms with Gasteiger partial charge in [-0.2, -0.15) is 5.26 Å². The van der Waals surface area contributed by atoms with E-state index in [-0.39, 0.29) is 0 Å². The summed E-state index contributed by atoms with van der Waals surface area (Å²) in [6.07, 6.45) is 3.25. The molecule has 88 valence electrons. The lowest BCUT2D eigenvalue weighted by atomic mass is 10.1. The maximum absolute atomic E-state index is 9.01. The van der Waals surface area contributed by atoms with Crippen molar-refractivity contribution in [2.24, 2.45) is 0 Å². The quantitative estimate of drug-likeness (QED) is 0.807. The maximum Gasteiger partial charge on any atom is 0.101 e. The molecule has 0 fully saturated rings. The largest absolute Gasteiger partial charge is 0.380 e. The van der Waals surface area contributed by atoms with E-state index in [0.717, 1.165) is 31.7 Å². The predicted molar refractivity (Wildman–Crippen MR) is 70.2 cm³/mol. The maximum atomic E-state index is 9.01.